The number of benzene rings is 2. The Morgan fingerprint density at radius 1 is 0.950 bits per heavy atom. The van der Waals surface area contributed by atoms with E-state index in [0.717, 1.165) is 24.2 Å². The molecule has 2 nitrogen and oxygen atoms in total. The summed E-state index contributed by atoms with van der Waals surface area (Å²) in [5.74, 6) is 0. The van der Waals surface area contributed by atoms with Crippen LogP contribution >= 0.6 is 21.6 Å². The summed E-state index contributed by atoms with van der Waals surface area (Å²) < 4.78 is 0. The van der Waals surface area contributed by atoms with Gasteiger partial charge in [0.25, 0.3) is 0 Å². The molecule has 0 aliphatic carbocycles. The Hall–Kier alpha value is -1.39. The van der Waals surface area contributed by atoms with E-state index in [9.17, 15) is 0 Å². The number of hydrogen-bond acceptors (Lipinski definition) is 4. The van der Waals surface area contributed by atoms with Gasteiger partial charge >= 0.3 is 0 Å². The Labute approximate surface area is 128 Å². The van der Waals surface area contributed by atoms with Gasteiger partial charge in [0, 0.05) is 21.7 Å². The highest BCUT2D eigenvalue weighted by molar-refractivity contribution is 8.76. The van der Waals surface area contributed by atoms with Crippen molar-refractivity contribution in [1.82, 2.24) is 0 Å². The van der Waals surface area contributed by atoms with E-state index in [1.807, 2.05) is 30.5 Å². The fourth-order valence-corrected chi connectivity index (χ4v) is 3.44. The van der Waals surface area contributed by atoms with E-state index in [1.54, 1.807) is 21.6 Å². The van der Waals surface area contributed by atoms with Gasteiger partial charge < -0.3 is 5.73 Å². The second-order valence-electron chi connectivity index (χ2n) is 4.33. The molecule has 0 saturated heterocycles. The molecule has 20 heavy (non-hydrogen) atoms. The molecule has 0 radical (unpaired) electrons. The molecule has 2 aromatic carbocycles. The highest BCUT2D eigenvalue weighted by atomic mass is 33.1. The summed E-state index contributed by atoms with van der Waals surface area (Å²) >= 11 is 0. The summed E-state index contributed by atoms with van der Waals surface area (Å²) in [6, 6.07) is 16.2. The second-order valence-corrected chi connectivity index (χ2v) is 6.61. The van der Waals surface area contributed by atoms with Crippen molar-refractivity contribution in [1.29, 1.82) is 0 Å². The molecule has 0 saturated carbocycles. The lowest BCUT2D eigenvalue weighted by Gasteiger charge is -2.02. The van der Waals surface area contributed by atoms with Gasteiger partial charge in [-0.15, -0.1) is 0 Å². The third-order valence-corrected chi connectivity index (χ3v) is 5.03. The van der Waals surface area contributed by atoms with Crippen molar-refractivity contribution in [3.8, 4) is 0 Å². The lowest BCUT2D eigenvalue weighted by molar-refractivity contribution is 1.01. The van der Waals surface area contributed by atoms with Crippen molar-refractivity contribution >= 4 is 39.2 Å². The maximum absolute atomic E-state index is 5.67. The Morgan fingerprint density at radius 3 is 2.05 bits per heavy atom. The molecule has 104 valence electrons. The van der Waals surface area contributed by atoms with Crippen molar-refractivity contribution in [3.05, 3.63) is 48.5 Å². The lowest BCUT2D eigenvalue weighted by Crippen LogP contribution is -1.81. The molecule has 0 spiro atoms. The number of nitrogen functional groups attached to an aromatic ring is 1. The van der Waals surface area contributed by atoms with Crippen LogP contribution in [-0.2, 0) is 0 Å². The number of nitrogens with two attached hydrogens (primary N) is 1. The Kier molecular flexibility index (Phi) is 6.02. The SMILES string of the molecule is CCCC=Nc1ccc(SSc2ccc(N)cc2)cc1. The number of hydrogen-bond donors (Lipinski definition) is 1. The third-order valence-electron chi connectivity index (χ3n) is 2.61. The highest BCUT2D eigenvalue weighted by Gasteiger charge is 1.98. The van der Waals surface area contributed by atoms with Gasteiger partial charge in [-0.2, -0.15) is 0 Å². The normalized spacial score (nSPS) is 11.1. The Morgan fingerprint density at radius 2 is 1.50 bits per heavy atom. The monoisotopic (exact) mass is 302 g/mol. The van der Waals surface area contributed by atoms with E-state index in [1.165, 1.54) is 9.79 Å². The first-order valence-electron chi connectivity index (χ1n) is 6.60. The zero-order valence-corrected chi connectivity index (χ0v) is 13.1. The summed E-state index contributed by atoms with van der Waals surface area (Å²) in [5.41, 5.74) is 7.48. The van der Waals surface area contributed by atoms with Crippen molar-refractivity contribution in [2.75, 3.05) is 5.73 Å². The van der Waals surface area contributed by atoms with Crippen LogP contribution in [0.5, 0.6) is 0 Å². The number of anilines is 1. The molecule has 0 aliphatic rings. The fourth-order valence-electron chi connectivity index (χ4n) is 1.51. The molecule has 0 fully saturated rings. The van der Waals surface area contributed by atoms with Gasteiger partial charge in [0.1, 0.15) is 0 Å². The largest absolute Gasteiger partial charge is 0.399 e. The standard InChI is InChI=1S/C16H18N2S2/c1-2-3-12-18-14-6-10-16(11-7-14)20-19-15-8-4-13(17)5-9-15/h4-12H,2-3,17H2,1H3. The van der Waals surface area contributed by atoms with Gasteiger partial charge in [0.2, 0.25) is 0 Å². The molecule has 0 aliphatic heterocycles. The summed E-state index contributed by atoms with van der Waals surface area (Å²) in [7, 11) is 3.47. The summed E-state index contributed by atoms with van der Waals surface area (Å²) in [6.07, 6.45) is 4.14. The van der Waals surface area contributed by atoms with Crippen LogP contribution in [0.15, 0.2) is 63.3 Å². The first-order valence-corrected chi connectivity index (χ1v) is 8.75. The zero-order valence-electron chi connectivity index (χ0n) is 11.5. The molecule has 0 bridgehead atoms. The van der Waals surface area contributed by atoms with Crippen LogP contribution in [0.3, 0.4) is 0 Å². The predicted molar refractivity (Wildman–Crippen MR) is 92.1 cm³/mol. The van der Waals surface area contributed by atoms with Crippen LogP contribution in [0.1, 0.15) is 19.8 Å². The molecule has 4 heteroatoms. The smallest absolute Gasteiger partial charge is 0.0626 e. The lowest BCUT2D eigenvalue weighted by atomic mass is 10.3. The van der Waals surface area contributed by atoms with Crippen LogP contribution in [0.4, 0.5) is 11.4 Å². The van der Waals surface area contributed by atoms with Crippen LogP contribution < -0.4 is 5.73 Å². The summed E-state index contributed by atoms with van der Waals surface area (Å²) in [4.78, 5) is 6.84. The molecule has 2 aromatic rings. The minimum atomic E-state index is 0.800. The molecular formula is C16H18N2S2. The first-order chi connectivity index (χ1) is 9.78. The van der Waals surface area contributed by atoms with Crippen LogP contribution in [0, 0.1) is 0 Å². The Bertz CT molecular complexity index is 548. The molecule has 0 atom stereocenters. The van der Waals surface area contributed by atoms with E-state index in [2.05, 4.69) is 36.2 Å². The minimum Gasteiger partial charge on any atom is -0.399 e. The highest BCUT2D eigenvalue weighted by Crippen LogP contribution is 2.37. The number of rotatable bonds is 6. The quantitative estimate of drug-likeness (QED) is 0.430. The molecule has 0 unspecified atom stereocenters. The van der Waals surface area contributed by atoms with Gasteiger partial charge in [-0.1, -0.05) is 34.9 Å². The predicted octanol–water partition coefficient (Wildman–Crippen LogP) is 5.57. The maximum atomic E-state index is 5.67. The van der Waals surface area contributed by atoms with Gasteiger partial charge in [-0.3, -0.25) is 4.99 Å². The van der Waals surface area contributed by atoms with Crippen LogP contribution in [-0.4, -0.2) is 6.21 Å². The molecule has 0 aromatic heterocycles. The Balaban J connectivity index is 1.89. The van der Waals surface area contributed by atoms with E-state index < -0.39 is 0 Å². The van der Waals surface area contributed by atoms with Gasteiger partial charge in [0.15, 0.2) is 0 Å². The topological polar surface area (TPSA) is 38.4 Å². The second kappa shape index (κ2) is 8.02. The average molecular weight is 302 g/mol. The van der Waals surface area contributed by atoms with E-state index >= 15 is 0 Å². The number of aliphatic imine (C=N–C) groups is 1. The first kappa shape index (κ1) is 15.0. The average Bonchev–Trinajstić information content (AvgIpc) is 2.48. The van der Waals surface area contributed by atoms with E-state index in [4.69, 9.17) is 5.73 Å². The molecule has 0 amide bonds. The van der Waals surface area contributed by atoms with Crippen molar-refractivity contribution in [2.24, 2.45) is 4.99 Å². The van der Waals surface area contributed by atoms with E-state index in [-0.39, 0.29) is 0 Å². The van der Waals surface area contributed by atoms with Gasteiger partial charge in [-0.05, 0) is 55.0 Å². The van der Waals surface area contributed by atoms with Crippen molar-refractivity contribution < 1.29 is 0 Å². The summed E-state index contributed by atoms with van der Waals surface area (Å²) in [6.45, 7) is 2.15. The fraction of sp³-hybridized carbons (Fsp3) is 0.188. The molecular weight excluding hydrogens is 284 g/mol. The minimum absolute atomic E-state index is 0.800. The maximum Gasteiger partial charge on any atom is 0.0626 e. The van der Waals surface area contributed by atoms with Gasteiger partial charge in [-0.25, -0.2) is 0 Å². The molecule has 2 N–H and O–H groups in total. The zero-order chi connectivity index (χ0) is 14.2. The molecule has 2 rings (SSSR count). The van der Waals surface area contributed by atoms with E-state index in [0.29, 0.717) is 0 Å². The summed E-state index contributed by atoms with van der Waals surface area (Å²) in [5, 5.41) is 0. The third kappa shape index (κ3) is 4.94. The van der Waals surface area contributed by atoms with Gasteiger partial charge in [0.05, 0.1) is 5.69 Å². The molecule has 0 heterocycles. The van der Waals surface area contributed by atoms with Crippen LogP contribution in [0.2, 0.25) is 0 Å². The van der Waals surface area contributed by atoms with Crippen LogP contribution in [0.25, 0.3) is 0 Å². The van der Waals surface area contributed by atoms with Crippen molar-refractivity contribution in [2.45, 2.75) is 29.6 Å². The number of unbranched alkanes of at least 4 members (excludes halogenated alkanes) is 1. The number of nitrogens with zero attached hydrogens (tertiary/aromatic N) is 1. The van der Waals surface area contributed by atoms with Crippen molar-refractivity contribution in [3.63, 3.8) is 0 Å².